The maximum Gasteiger partial charge on any atom is 0.416 e. The quantitative estimate of drug-likeness (QED) is 0.256. The zero-order chi connectivity index (χ0) is 34.5. The maximum atomic E-state index is 14.2. The van der Waals surface area contributed by atoms with Gasteiger partial charge in [-0.15, -0.1) is 0 Å². The fraction of sp³-hybridized carbons (Fsp3) is 0.471. The third-order valence-corrected chi connectivity index (χ3v) is 9.27. The van der Waals surface area contributed by atoms with Gasteiger partial charge >= 0.3 is 12.4 Å². The molecular weight excluding hydrogens is 629 g/mol. The molecule has 2 atom stereocenters. The Morgan fingerprint density at radius 2 is 1.60 bits per heavy atom. The van der Waals surface area contributed by atoms with E-state index in [4.69, 9.17) is 9.72 Å². The van der Waals surface area contributed by atoms with Gasteiger partial charge in [-0.2, -0.15) is 26.3 Å². The lowest BCUT2D eigenvalue weighted by Gasteiger charge is -2.48. The summed E-state index contributed by atoms with van der Waals surface area (Å²) in [6.07, 6.45) is -7.83. The van der Waals surface area contributed by atoms with E-state index in [1.807, 2.05) is 0 Å². The molecule has 2 aliphatic rings. The van der Waals surface area contributed by atoms with Gasteiger partial charge in [0.15, 0.2) is 0 Å². The van der Waals surface area contributed by atoms with E-state index >= 15 is 0 Å². The minimum Gasteiger partial charge on any atom is -0.378 e. The first kappa shape index (κ1) is 34.6. The number of aryl methyl sites for hydroxylation is 1. The highest BCUT2D eigenvalue weighted by atomic mass is 19.4. The van der Waals surface area contributed by atoms with Crippen LogP contribution in [-0.4, -0.2) is 67.8 Å². The number of nitrogens with zero attached hydrogens (tertiary/aromatic N) is 4. The second kappa shape index (κ2) is 12.7. The minimum atomic E-state index is -5.07. The standard InChI is InChI=1S/C34H37F7N4O2/c1-6-25-17-44-9-10-47-19-26(44)18-45(25)30-15-28(27-8-7-24(35)11-20(27)2)29(16-42-30)43(5)31(46)32(3,4)21-12-22(33(36,37)38)14-23(13-21)34(39,40)41/h7-8,11-16,25-26H,6,9-10,17-19H2,1-5H3/t25-,26-/m1/s1. The summed E-state index contributed by atoms with van der Waals surface area (Å²) < 4.78 is 102. The zero-order valence-corrected chi connectivity index (χ0v) is 26.8. The van der Waals surface area contributed by atoms with Crippen LogP contribution in [0.2, 0.25) is 0 Å². The van der Waals surface area contributed by atoms with E-state index in [9.17, 15) is 35.5 Å². The molecule has 1 aromatic heterocycles. The molecule has 0 N–H and O–H groups in total. The number of amides is 1. The van der Waals surface area contributed by atoms with Crippen molar-refractivity contribution in [2.45, 2.75) is 64.0 Å². The Hall–Kier alpha value is -3.71. The van der Waals surface area contributed by atoms with Crippen LogP contribution in [-0.2, 0) is 27.3 Å². The molecule has 3 aromatic rings. The number of hydrogen-bond acceptors (Lipinski definition) is 5. The molecule has 2 saturated heterocycles. The van der Waals surface area contributed by atoms with Crippen molar-refractivity contribution in [3.63, 3.8) is 0 Å². The Morgan fingerprint density at radius 3 is 2.19 bits per heavy atom. The average Bonchev–Trinajstić information content (AvgIpc) is 3.02. The smallest absolute Gasteiger partial charge is 0.378 e. The summed E-state index contributed by atoms with van der Waals surface area (Å²) in [5.41, 5.74) is -3.36. The zero-order valence-electron chi connectivity index (χ0n) is 26.8. The lowest BCUT2D eigenvalue weighted by molar-refractivity contribution is -0.143. The van der Waals surface area contributed by atoms with Crippen LogP contribution in [0.3, 0.4) is 0 Å². The Labute approximate surface area is 269 Å². The number of morpholine rings is 1. The molecule has 2 fully saturated rings. The molecule has 0 spiro atoms. The molecule has 2 aliphatic heterocycles. The third-order valence-electron chi connectivity index (χ3n) is 9.27. The van der Waals surface area contributed by atoms with Crippen LogP contribution in [0.4, 0.5) is 42.2 Å². The number of likely N-dealkylation sites (N-methyl/N-ethyl adjacent to an activating group) is 1. The first-order valence-corrected chi connectivity index (χ1v) is 15.3. The van der Waals surface area contributed by atoms with Crippen molar-refractivity contribution in [2.24, 2.45) is 0 Å². The van der Waals surface area contributed by atoms with Crippen LogP contribution in [0, 0.1) is 12.7 Å². The monoisotopic (exact) mass is 666 g/mol. The molecule has 6 nitrogen and oxygen atoms in total. The molecule has 13 heteroatoms. The molecule has 0 aliphatic carbocycles. The van der Waals surface area contributed by atoms with Gasteiger partial charge in [-0.25, -0.2) is 9.37 Å². The van der Waals surface area contributed by atoms with Crippen LogP contribution < -0.4 is 9.80 Å². The van der Waals surface area contributed by atoms with Crippen molar-refractivity contribution in [3.05, 3.63) is 76.7 Å². The summed E-state index contributed by atoms with van der Waals surface area (Å²) in [7, 11) is 1.40. The van der Waals surface area contributed by atoms with Gasteiger partial charge in [0.2, 0.25) is 5.91 Å². The molecule has 0 radical (unpaired) electrons. The van der Waals surface area contributed by atoms with Crippen molar-refractivity contribution in [2.75, 3.05) is 49.7 Å². The normalized spacial score (nSPS) is 19.4. The van der Waals surface area contributed by atoms with E-state index in [2.05, 4.69) is 16.7 Å². The van der Waals surface area contributed by atoms with Gasteiger partial charge in [0.05, 0.1) is 47.7 Å². The highest BCUT2D eigenvalue weighted by Gasteiger charge is 2.42. The van der Waals surface area contributed by atoms with Crippen molar-refractivity contribution >= 4 is 17.4 Å². The second-order valence-electron chi connectivity index (χ2n) is 12.7. The Morgan fingerprint density at radius 1 is 0.957 bits per heavy atom. The number of rotatable bonds is 6. The molecule has 3 heterocycles. The second-order valence-corrected chi connectivity index (χ2v) is 12.7. The van der Waals surface area contributed by atoms with Crippen molar-refractivity contribution in [1.82, 2.24) is 9.88 Å². The number of aromatic nitrogens is 1. The Bertz CT molecular complexity index is 1610. The number of benzene rings is 2. The number of anilines is 2. The molecule has 2 aromatic carbocycles. The van der Waals surface area contributed by atoms with Gasteiger partial charge in [0.25, 0.3) is 0 Å². The van der Waals surface area contributed by atoms with E-state index in [1.165, 1.54) is 44.1 Å². The number of fused-ring (bicyclic) bond motifs is 1. The number of alkyl halides is 6. The van der Waals surface area contributed by atoms with E-state index in [-0.39, 0.29) is 23.8 Å². The highest BCUT2D eigenvalue weighted by Crippen LogP contribution is 2.42. The average molecular weight is 667 g/mol. The van der Waals surface area contributed by atoms with Crippen LogP contribution in [0.25, 0.3) is 11.1 Å². The largest absolute Gasteiger partial charge is 0.416 e. The van der Waals surface area contributed by atoms with Crippen LogP contribution in [0.5, 0.6) is 0 Å². The molecule has 5 rings (SSSR count). The first-order valence-electron chi connectivity index (χ1n) is 15.3. The van der Waals surface area contributed by atoms with Crippen molar-refractivity contribution in [3.8, 4) is 11.1 Å². The molecule has 0 unspecified atom stereocenters. The minimum absolute atomic E-state index is 0.0364. The third kappa shape index (κ3) is 6.96. The summed E-state index contributed by atoms with van der Waals surface area (Å²) in [6.45, 7) is 9.89. The predicted molar refractivity (Wildman–Crippen MR) is 165 cm³/mol. The number of ether oxygens (including phenoxy) is 1. The molecule has 47 heavy (non-hydrogen) atoms. The van der Waals surface area contributed by atoms with E-state index in [0.29, 0.717) is 54.4 Å². The SMILES string of the molecule is CC[C@@H]1CN2CCOC[C@H]2CN1c1cc(-c2ccc(F)cc2C)c(N(C)C(=O)C(C)(C)c2cc(C(F)(F)F)cc(C(F)(F)F)c2)cn1. The summed E-state index contributed by atoms with van der Waals surface area (Å²) >= 11 is 0. The molecule has 1 amide bonds. The molecule has 0 bridgehead atoms. The van der Waals surface area contributed by atoms with Crippen LogP contribution in [0.15, 0.2) is 48.7 Å². The first-order chi connectivity index (χ1) is 21.9. The topological polar surface area (TPSA) is 48.9 Å². The fourth-order valence-electron chi connectivity index (χ4n) is 6.45. The van der Waals surface area contributed by atoms with E-state index < -0.39 is 46.2 Å². The van der Waals surface area contributed by atoms with E-state index in [1.54, 1.807) is 19.1 Å². The lowest BCUT2D eigenvalue weighted by Crippen LogP contribution is -2.62. The van der Waals surface area contributed by atoms with Gasteiger partial charge in [0, 0.05) is 38.3 Å². The number of halogens is 7. The summed E-state index contributed by atoms with van der Waals surface area (Å²) in [4.78, 5) is 24.6. The van der Waals surface area contributed by atoms with Gasteiger partial charge in [-0.05, 0) is 80.3 Å². The van der Waals surface area contributed by atoms with Crippen molar-refractivity contribution < 1.29 is 40.3 Å². The number of carbonyl (C=O) groups is 1. The van der Waals surface area contributed by atoms with E-state index in [0.717, 1.165) is 19.5 Å². The number of piperazine rings is 1. The van der Waals surface area contributed by atoms with Crippen molar-refractivity contribution in [1.29, 1.82) is 0 Å². The molecule has 254 valence electrons. The Balaban J connectivity index is 1.59. The van der Waals surface area contributed by atoms with Gasteiger partial charge in [0.1, 0.15) is 11.6 Å². The van der Waals surface area contributed by atoms with Crippen LogP contribution in [0.1, 0.15) is 49.4 Å². The fourth-order valence-corrected chi connectivity index (χ4v) is 6.45. The summed E-state index contributed by atoms with van der Waals surface area (Å²) in [5.74, 6) is -0.602. The molecule has 0 saturated carbocycles. The number of carbonyl (C=O) groups excluding carboxylic acids is 1. The van der Waals surface area contributed by atoms with Crippen LogP contribution >= 0.6 is 0 Å². The molecular formula is C34H37F7N4O2. The Kier molecular flexibility index (Phi) is 9.37. The number of hydrogen-bond donors (Lipinski definition) is 0. The maximum absolute atomic E-state index is 14.2. The van der Waals surface area contributed by atoms with Gasteiger partial charge < -0.3 is 14.5 Å². The summed E-state index contributed by atoms with van der Waals surface area (Å²) in [5, 5.41) is 0. The number of pyridine rings is 1. The highest BCUT2D eigenvalue weighted by molar-refractivity contribution is 6.03. The summed E-state index contributed by atoms with van der Waals surface area (Å²) in [6, 6.07) is 7.49. The lowest BCUT2D eigenvalue weighted by atomic mass is 9.81. The predicted octanol–water partition coefficient (Wildman–Crippen LogP) is 7.47. The van der Waals surface area contributed by atoms with Gasteiger partial charge in [-0.3, -0.25) is 9.69 Å². The van der Waals surface area contributed by atoms with Gasteiger partial charge in [-0.1, -0.05) is 13.0 Å².